The molecule has 2 aliphatic carbocycles. The van der Waals surface area contributed by atoms with Crippen molar-refractivity contribution in [2.45, 2.75) is 32.6 Å². The molecule has 150 valence electrons. The Morgan fingerprint density at radius 1 is 0.966 bits per heavy atom. The smallest absolute Gasteiger partial charge is 0.143 e. The van der Waals surface area contributed by atoms with E-state index in [1.807, 2.05) is 30.3 Å². The minimum atomic E-state index is -0.377. The lowest BCUT2D eigenvalue weighted by Crippen LogP contribution is -2.39. The standard InChI is InChI=1S/C26H28O3/c1-25-16-20(12-11-18-7-5-9-21(13-18)28-3)26(2,17-25)23(15-24(25)27)19-8-6-10-22(14-19)29-4/h5-14,16,23H,15,17H2,1-4H3/b12-11+. The van der Waals surface area contributed by atoms with E-state index in [-0.39, 0.29) is 16.7 Å². The number of fused-ring (bicyclic) bond motifs is 2. The molecule has 0 aliphatic heterocycles. The second kappa shape index (κ2) is 7.22. The molecule has 0 spiro atoms. The summed E-state index contributed by atoms with van der Waals surface area (Å²) >= 11 is 0. The summed E-state index contributed by atoms with van der Waals surface area (Å²) < 4.78 is 10.8. The highest BCUT2D eigenvalue weighted by Gasteiger charge is 2.55. The topological polar surface area (TPSA) is 35.5 Å². The monoisotopic (exact) mass is 388 g/mol. The number of Topliss-reactive ketones (excluding diaryl/α,β-unsaturated/α-hetero) is 1. The number of allylic oxidation sites excluding steroid dienone is 3. The molecule has 0 radical (unpaired) electrons. The fourth-order valence-electron chi connectivity index (χ4n) is 5.08. The molecule has 0 aromatic heterocycles. The van der Waals surface area contributed by atoms with Gasteiger partial charge in [-0.1, -0.05) is 49.4 Å². The third-order valence-corrected chi connectivity index (χ3v) is 6.71. The first-order valence-electron chi connectivity index (χ1n) is 10.1. The third-order valence-electron chi connectivity index (χ3n) is 6.71. The van der Waals surface area contributed by atoms with Gasteiger partial charge in [0.1, 0.15) is 17.3 Å². The molecule has 1 fully saturated rings. The van der Waals surface area contributed by atoms with Crippen LogP contribution in [0.5, 0.6) is 11.5 Å². The van der Waals surface area contributed by atoms with E-state index in [9.17, 15) is 4.79 Å². The predicted molar refractivity (Wildman–Crippen MR) is 116 cm³/mol. The Balaban J connectivity index is 1.72. The average molecular weight is 389 g/mol. The van der Waals surface area contributed by atoms with Gasteiger partial charge in [-0.2, -0.15) is 0 Å². The van der Waals surface area contributed by atoms with Crippen molar-refractivity contribution in [3.8, 4) is 11.5 Å². The van der Waals surface area contributed by atoms with Gasteiger partial charge in [-0.25, -0.2) is 0 Å². The van der Waals surface area contributed by atoms with Crippen molar-refractivity contribution in [1.82, 2.24) is 0 Å². The molecule has 2 bridgehead atoms. The number of methoxy groups -OCH3 is 2. The normalized spacial score (nSPS) is 28.5. The van der Waals surface area contributed by atoms with E-state index < -0.39 is 0 Å². The molecule has 0 N–H and O–H groups in total. The van der Waals surface area contributed by atoms with Crippen LogP contribution in [0.3, 0.4) is 0 Å². The van der Waals surface area contributed by atoms with E-state index in [2.05, 4.69) is 50.3 Å². The van der Waals surface area contributed by atoms with Gasteiger partial charge in [0, 0.05) is 23.2 Å². The van der Waals surface area contributed by atoms with Gasteiger partial charge in [0.15, 0.2) is 0 Å². The molecule has 3 heteroatoms. The summed E-state index contributed by atoms with van der Waals surface area (Å²) in [5.74, 6) is 2.14. The number of hydrogen-bond donors (Lipinski definition) is 0. The predicted octanol–water partition coefficient (Wildman–Crippen LogP) is 5.82. The molecule has 4 rings (SSSR count). The fraction of sp³-hybridized carbons (Fsp3) is 0.346. The number of hydrogen-bond acceptors (Lipinski definition) is 3. The molecular weight excluding hydrogens is 360 g/mol. The number of benzene rings is 2. The van der Waals surface area contributed by atoms with Gasteiger partial charge < -0.3 is 9.47 Å². The first-order valence-corrected chi connectivity index (χ1v) is 10.1. The summed E-state index contributed by atoms with van der Waals surface area (Å²) in [5, 5.41) is 0. The first-order chi connectivity index (χ1) is 13.9. The summed E-state index contributed by atoms with van der Waals surface area (Å²) in [6.07, 6.45) is 7.92. The second-order valence-electron chi connectivity index (χ2n) is 8.68. The van der Waals surface area contributed by atoms with Crippen LogP contribution in [0.25, 0.3) is 6.08 Å². The summed E-state index contributed by atoms with van der Waals surface area (Å²) in [7, 11) is 3.36. The Hall–Kier alpha value is -2.81. The van der Waals surface area contributed by atoms with Crippen LogP contribution in [0.4, 0.5) is 0 Å². The van der Waals surface area contributed by atoms with Gasteiger partial charge in [0.2, 0.25) is 0 Å². The van der Waals surface area contributed by atoms with Gasteiger partial charge in [-0.15, -0.1) is 0 Å². The zero-order valence-electron chi connectivity index (χ0n) is 17.6. The van der Waals surface area contributed by atoms with Crippen LogP contribution in [0.1, 0.15) is 43.7 Å². The number of rotatable bonds is 5. The molecule has 1 saturated carbocycles. The number of ketones is 1. The number of ether oxygens (including phenoxy) is 2. The minimum absolute atomic E-state index is 0.0929. The first kappa shape index (κ1) is 19.5. The summed E-state index contributed by atoms with van der Waals surface area (Å²) in [4.78, 5) is 13.0. The highest BCUT2D eigenvalue weighted by atomic mass is 16.5. The molecule has 0 saturated heterocycles. The van der Waals surface area contributed by atoms with E-state index in [1.165, 1.54) is 11.1 Å². The van der Waals surface area contributed by atoms with Crippen LogP contribution in [-0.4, -0.2) is 20.0 Å². The zero-order valence-corrected chi connectivity index (χ0v) is 17.6. The lowest BCUT2D eigenvalue weighted by Gasteiger charge is -2.43. The van der Waals surface area contributed by atoms with Crippen molar-refractivity contribution < 1.29 is 14.3 Å². The van der Waals surface area contributed by atoms with Gasteiger partial charge >= 0.3 is 0 Å². The molecule has 0 amide bonds. The van der Waals surface area contributed by atoms with Crippen LogP contribution in [0.15, 0.2) is 66.3 Å². The molecule has 3 nitrogen and oxygen atoms in total. The maximum Gasteiger partial charge on any atom is 0.143 e. The third kappa shape index (κ3) is 3.39. The highest BCUT2D eigenvalue weighted by Crippen LogP contribution is 2.62. The molecule has 2 aromatic rings. The molecule has 0 heterocycles. The molecule has 2 aliphatic rings. The van der Waals surface area contributed by atoms with Crippen LogP contribution < -0.4 is 9.47 Å². The van der Waals surface area contributed by atoms with E-state index in [0.717, 1.165) is 23.5 Å². The number of carbonyl (C=O) groups is 1. The maximum absolute atomic E-state index is 13.0. The number of carbonyl (C=O) groups excluding carboxylic acids is 1. The van der Waals surface area contributed by atoms with Gasteiger partial charge in [0.25, 0.3) is 0 Å². The Kier molecular flexibility index (Phi) is 4.85. The zero-order chi connectivity index (χ0) is 20.6. The van der Waals surface area contributed by atoms with Gasteiger partial charge in [0.05, 0.1) is 14.2 Å². The molecule has 29 heavy (non-hydrogen) atoms. The summed E-state index contributed by atoms with van der Waals surface area (Å²) in [5.41, 5.74) is 3.03. The Morgan fingerprint density at radius 3 is 2.38 bits per heavy atom. The Morgan fingerprint density at radius 2 is 1.66 bits per heavy atom. The van der Waals surface area contributed by atoms with E-state index in [1.54, 1.807) is 14.2 Å². The van der Waals surface area contributed by atoms with Gasteiger partial charge in [-0.05, 0) is 54.3 Å². The molecule has 3 unspecified atom stereocenters. The molecule has 2 aromatic carbocycles. The Bertz CT molecular complexity index is 1000. The SMILES string of the molecule is COc1cccc(/C=C/C2=CC3(C)CC2(C)C(c2cccc(OC)c2)CC3=O)c1. The maximum atomic E-state index is 13.0. The van der Waals surface area contributed by atoms with Crippen molar-refractivity contribution in [3.05, 3.63) is 77.4 Å². The van der Waals surface area contributed by atoms with Crippen molar-refractivity contribution in [2.75, 3.05) is 14.2 Å². The van der Waals surface area contributed by atoms with E-state index >= 15 is 0 Å². The lowest BCUT2D eigenvalue weighted by molar-refractivity contribution is -0.130. The van der Waals surface area contributed by atoms with Crippen molar-refractivity contribution in [3.63, 3.8) is 0 Å². The van der Waals surface area contributed by atoms with Crippen molar-refractivity contribution in [2.24, 2.45) is 10.8 Å². The average Bonchev–Trinajstić information content (AvgIpc) is 2.98. The van der Waals surface area contributed by atoms with E-state index in [0.29, 0.717) is 12.2 Å². The van der Waals surface area contributed by atoms with Crippen molar-refractivity contribution >= 4 is 11.9 Å². The minimum Gasteiger partial charge on any atom is -0.497 e. The van der Waals surface area contributed by atoms with Crippen molar-refractivity contribution in [1.29, 1.82) is 0 Å². The molecule has 3 atom stereocenters. The lowest BCUT2D eigenvalue weighted by atomic mass is 9.59. The fourth-order valence-corrected chi connectivity index (χ4v) is 5.08. The van der Waals surface area contributed by atoms with Crippen LogP contribution in [-0.2, 0) is 4.79 Å². The van der Waals surface area contributed by atoms with E-state index in [4.69, 9.17) is 9.47 Å². The Labute approximate surface area is 173 Å². The largest absolute Gasteiger partial charge is 0.497 e. The highest BCUT2D eigenvalue weighted by molar-refractivity contribution is 5.90. The quantitative estimate of drug-likeness (QED) is 0.648. The van der Waals surface area contributed by atoms with Crippen LogP contribution >= 0.6 is 0 Å². The summed E-state index contributed by atoms with van der Waals surface area (Å²) in [6, 6.07) is 16.2. The second-order valence-corrected chi connectivity index (χ2v) is 8.68. The van der Waals surface area contributed by atoms with Crippen LogP contribution in [0.2, 0.25) is 0 Å². The molecular formula is C26H28O3. The van der Waals surface area contributed by atoms with Crippen LogP contribution in [0, 0.1) is 10.8 Å². The summed E-state index contributed by atoms with van der Waals surface area (Å²) in [6.45, 7) is 4.39. The van der Waals surface area contributed by atoms with Gasteiger partial charge in [-0.3, -0.25) is 4.79 Å².